The number of para-hydroxylation sites is 2. The Morgan fingerprint density at radius 1 is 0.545 bits per heavy atom. The first-order valence-electron chi connectivity index (χ1n) is 19.0. The van der Waals surface area contributed by atoms with Crippen molar-refractivity contribution in [3.63, 3.8) is 0 Å². The fourth-order valence-corrected chi connectivity index (χ4v) is 9.31. The summed E-state index contributed by atoms with van der Waals surface area (Å²) < 4.78 is 11.3. The molecule has 0 bridgehead atoms. The van der Waals surface area contributed by atoms with Gasteiger partial charge in [0.25, 0.3) is 0 Å². The monoisotopic (exact) mass is 806 g/mol. The molecule has 0 aliphatic carbocycles. The molecule has 55 heavy (non-hydrogen) atoms. The van der Waals surface area contributed by atoms with Crippen LogP contribution in [0.15, 0.2) is 97.3 Å². The lowest BCUT2D eigenvalue weighted by molar-refractivity contribution is 0.109. The quantitative estimate of drug-likeness (QED) is 0.116. The van der Waals surface area contributed by atoms with Crippen molar-refractivity contribution >= 4 is 90.0 Å². The second kappa shape index (κ2) is 15.8. The highest BCUT2D eigenvalue weighted by Gasteiger charge is 2.21. The first kappa shape index (κ1) is 37.8. The average Bonchev–Trinajstić information content (AvgIpc) is 3.82. The molecule has 0 spiro atoms. The number of rotatable bonds is 12. The molecule has 4 aromatic carbocycles. The Bertz CT molecular complexity index is 2530. The Morgan fingerprint density at radius 2 is 0.982 bits per heavy atom. The van der Waals surface area contributed by atoms with Crippen molar-refractivity contribution < 1.29 is 4.74 Å². The second-order valence-corrected chi connectivity index (χ2v) is 16.0. The summed E-state index contributed by atoms with van der Waals surface area (Å²) in [6.07, 6.45) is 8.20. The number of ether oxygens (including phenoxy) is 1. The van der Waals surface area contributed by atoms with Gasteiger partial charge in [0.1, 0.15) is 0 Å². The third-order valence-corrected chi connectivity index (χ3v) is 12.2. The third-order valence-electron chi connectivity index (χ3n) is 11.1. The molecule has 0 aliphatic heterocycles. The predicted molar refractivity (Wildman–Crippen MR) is 234 cm³/mol. The highest BCUT2D eigenvalue weighted by atomic mass is 35.5. The zero-order chi connectivity index (χ0) is 38.4. The summed E-state index contributed by atoms with van der Waals surface area (Å²) in [6, 6.07) is 28.9. The fraction of sp³-hybridized carbons (Fsp3) is 0.261. The molecule has 2 atom stereocenters. The van der Waals surface area contributed by atoms with Crippen LogP contribution in [-0.2, 0) is 4.74 Å². The second-order valence-electron chi connectivity index (χ2n) is 14.3. The number of nitrogens with zero attached hydrogens (tertiary/aromatic N) is 4. The number of aromatic nitrogens is 4. The summed E-state index contributed by atoms with van der Waals surface area (Å²) in [5.41, 5.74) is 10.1. The highest BCUT2D eigenvalue weighted by Crippen LogP contribution is 2.40. The summed E-state index contributed by atoms with van der Waals surface area (Å²) in [5, 5.41) is 7.00. The zero-order valence-corrected chi connectivity index (χ0v) is 34.4. The molecule has 0 amide bonds. The van der Waals surface area contributed by atoms with E-state index in [4.69, 9.17) is 61.1 Å². The summed E-state index contributed by atoms with van der Waals surface area (Å²) in [7, 11) is 0. The lowest BCUT2D eigenvalue weighted by Gasteiger charge is -2.22. The van der Waals surface area contributed by atoms with Gasteiger partial charge < -0.3 is 13.9 Å². The molecule has 0 radical (unpaired) electrons. The molecule has 0 saturated heterocycles. The van der Waals surface area contributed by atoms with E-state index in [-0.39, 0.29) is 12.1 Å². The van der Waals surface area contributed by atoms with Gasteiger partial charge in [-0.05, 0) is 75.9 Å². The highest BCUT2D eigenvalue weighted by molar-refractivity contribution is 6.37. The molecule has 280 valence electrons. The van der Waals surface area contributed by atoms with E-state index in [0.29, 0.717) is 33.3 Å². The fourth-order valence-electron chi connectivity index (χ4n) is 8.29. The van der Waals surface area contributed by atoms with Gasteiger partial charge in [0.2, 0.25) is 0 Å². The van der Waals surface area contributed by atoms with Crippen molar-refractivity contribution in [1.29, 1.82) is 0 Å². The number of fused-ring (bicyclic) bond motifs is 6. The van der Waals surface area contributed by atoms with Crippen LogP contribution in [0.25, 0.3) is 65.9 Å². The largest absolute Gasteiger partial charge is 0.381 e. The van der Waals surface area contributed by atoms with Gasteiger partial charge in [-0.3, -0.25) is 9.97 Å². The van der Waals surface area contributed by atoms with Gasteiger partial charge in [-0.25, -0.2) is 0 Å². The Morgan fingerprint density at radius 3 is 1.38 bits per heavy atom. The van der Waals surface area contributed by atoms with Gasteiger partial charge in [-0.15, -0.1) is 0 Å². The maximum atomic E-state index is 6.69. The number of hydrogen-bond acceptors (Lipinski definition) is 3. The van der Waals surface area contributed by atoms with Crippen LogP contribution in [0.1, 0.15) is 63.0 Å². The van der Waals surface area contributed by atoms with Gasteiger partial charge in [0, 0.05) is 113 Å². The molecule has 0 N–H and O–H groups in total. The molecule has 5 nitrogen and oxygen atoms in total. The smallest absolute Gasteiger partial charge is 0.0805 e. The normalized spacial score (nSPS) is 13.1. The van der Waals surface area contributed by atoms with Crippen LogP contribution in [0.2, 0.25) is 20.1 Å². The molecule has 2 unspecified atom stereocenters. The van der Waals surface area contributed by atoms with Crippen LogP contribution in [0, 0.1) is 13.8 Å². The van der Waals surface area contributed by atoms with Crippen molar-refractivity contribution in [2.75, 3.05) is 13.2 Å². The molecular formula is C46H42Cl4N4O. The van der Waals surface area contributed by atoms with E-state index in [9.17, 15) is 0 Å². The van der Waals surface area contributed by atoms with E-state index >= 15 is 0 Å². The number of aryl methyl sites for hydroxylation is 2. The van der Waals surface area contributed by atoms with Gasteiger partial charge >= 0.3 is 0 Å². The van der Waals surface area contributed by atoms with Crippen LogP contribution in [0.5, 0.6) is 0 Å². The van der Waals surface area contributed by atoms with E-state index in [1.807, 2.05) is 24.3 Å². The summed E-state index contributed by atoms with van der Waals surface area (Å²) in [4.78, 5) is 10.2. The minimum atomic E-state index is 0.269. The Hall–Kier alpha value is -4.10. The zero-order valence-electron chi connectivity index (χ0n) is 31.3. The molecule has 4 aromatic heterocycles. The molecule has 8 aromatic rings. The van der Waals surface area contributed by atoms with Gasteiger partial charge in [-0.2, -0.15) is 0 Å². The van der Waals surface area contributed by atoms with Crippen molar-refractivity contribution in [3.8, 4) is 22.3 Å². The molecule has 8 rings (SSSR count). The van der Waals surface area contributed by atoms with E-state index in [2.05, 4.69) is 97.8 Å². The van der Waals surface area contributed by atoms with Crippen LogP contribution < -0.4 is 0 Å². The summed E-state index contributed by atoms with van der Waals surface area (Å²) in [6.45, 7) is 10.0. The first-order chi connectivity index (χ1) is 26.7. The molecular weight excluding hydrogens is 766 g/mol. The number of hydrogen-bond donors (Lipinski definition) is 0. The maximum Gasteiger partial charge on any atom is 0.0805 e. The van der Waals surface area contributed by atoms with Crippen molar-refractivity contribution in [3.05, 3.63) is 129 Å². The summed E-state index contributed by atoms with van der Waals surface area (Å²) >= 11 is 25.9. The Balaban J connectivity index is 1.02. The SMILES string of the molecule is CCC(CCOCCC(CC)n1ccc2c(C)nc3c(-c4ccc(Cl)cc4Cl)cccc3c21)n1ccc2c(C)nc3c(-c4ccc(Cl)cc4Cl)cccc3c21. The number of pyridine rings is 2. The van der Waals surface area contributed by atoms with Crippen molar-refractivity contribution in [1.82, 2.24) is 19.1 Å². The minimum Gasteiger partial charge on any atom is -0.381 e. The Labute approximate surface area is 341 Å². The van der Waals surface area contributed by atoms with Crippen LogP contribution in [0.4, 0.5) is 0 Å². The first-order valence-corrected chi connectivity index (χ1v) is 20.5. The van der Waals surface area contributed by atoms with Crippen LogP contribution in [-0.4, -0.2) is 32.3 Å². The minimum absolute atomic E-state index is 0.269. The molecule has 9 heteroatoms. The number of benzene rings is 4. The molecule has 0 saturated carbocycles. The maximum absolute atomic E-state index is 6.69. The van der Waals surface area contributed by atoms with Crippen molar-refractivity contribution in [2.45, 2.75) is 65.5 Å². The van der Waals surface area contributed by atoms with E-state index in [1.165, 1.54) is 11.0 Å². The van der Waals surface area contributed by atoms with Crippen LogP contribution >= 0.6 is 46.4 Å². The number of halogens is 4. The molecule has 0 aliphatic rings. The van der Waals surface area contributed by atoms with Gasteiger partial charge in [0.05, 0.1) is 22.1 Å². The Kier molecular flexibility index (Phi) is 10.9. The molecule has 0 fully saturated rings. The van der Waals surface area contributed by atoms with E-state index in [1.54, 1.807) is 12.1 Å². The third kappa shape index (κ3) is 7.00. The summed E-state index contributed by atoms with van der Waals surface area (Å²) in [5.74, 6) is 0. The van der Waals surface area contributed by atoms with Crippen LogP contribution in [0.3, 0.4) is 0 Å². The average molecular weight is 809 g/mol. The predicted octanol–water partition coefficient (Wildman–Crippen LogP) is 14.7. The lowest BCUT2D eigenvalue weighted by Crippen LogP contribution is -2.13. The van der Waals surface area contributed by atoms with Crippen molar-refractivity contribution in [2.24, 2.45) is 0 Å². The van der Waals surface area contributed by atoms with E-state index < -0.39 is 0 Å². The standard InChI is InChI=1S/C46H42Cl4N4O/c1-5-31(53-21-17-33-27(3)51-43-37(9-7-11-39(43)45(33)53)35-15-13-29(47)25-41(35)49)19-23-55-24-20-32(6-2)54-22-18-34-28(4)52-44-38(10-8-12-40(44)46(34)54)36-16-14-30(48)26-42(36)50/h7-18,21-22,25-26,31-32H,5-6,19-20,23-24H2,1-4H3. The van der Waals surface area contributed by atoms with Gasteiger partial charge in [-0.1, -0.05) is 109 Å². The van der Waals surface area contributed by atoms with E-state index in [0.717, 1.165) is 91.9 Å². The van der Waals surface area contributed by atoms with Gasteiger partial charge in [0.15, 0.2) is 0 Å². The topological polar surface area (TPSA) is 44.9 Å². The molecule has 4 heterocycles. The lowest BCUT2D eigenvalue weighted by atomic mass is 10.00.